The summed E-state index contributed by atoms with van der Waals surface area (Å²) in [4.78, 5) is 0. The normalized spacial score (nSPS) is 29.3. The Morgan fingerprint density at radius 3 is 2.67 bits per heavy atom. The topological polar surface area (TPSA) is 69.4 Å². The van der Waals surface area contributed by atoms with E-state index in [9.17, 15) is 8.42 Å². The molecular formula is C10H21NO3S. The molecule has 4 nitrogen and oxygen atoms in total. The molecule has 0 spiro atoms. The lowest BCUT2D eigenvalue weighted by molar-refractivity contribution is -0.00317. The van der Waals surface area contributed by atoms with E-state index in [0.717, 1.165) is 19.4 Å². The molecule has 1 saturated heterocycles. The zero-order valence-electron chi connectivity index (χ0n) is 9.53. The number of hydrogen-bond acceptors (Lipinski definition) is 4. The highest BCUT2D eigenvalue weighted by Crippen LogP contribution is 2.29. The van der Waals surface area contributed by atoms with E-state index < -0.39 is 9.84 Å². The van der Waals surface area contributed by atoms with Crippen LogP contribution in [0.2, 0.25) is 0 Å². The summed E-state index contributed by atoms with van der Waals surface area (Å²) in [5.41, 5.74) is 5.78. The standard InChI is InChI=1S/C10H21NO3S/c1-10(6-4-7-14-10)9(11)5-3-8-15(2,12)13/h9H,3-8,11H2,1-2H3. The van der Waals surface area contributed by atoms with Crippen LogP contribution < -0.4 is 5.73 Å². The summed E-state index contributed by atoms with van der Waals surface area (Å²) in [7, 11) is -2.86. The first kappa shape index (κ1) is 12.9. The van der Waals surface area contributed by atoms with Gasteiger partial charge in [-0.3, -0.25) is 0 Å². The molecule has 0 amide bonds. The summed E-state index contributed by atoms with van der Waals surface area (Å²) >= 11 is 0. The Labute approximate surface area is 92.1 Å². The Hall–Kier alpha value is -0.130. The van der Waals surface area contributed by atoms with Crippen molar-refractivity contribution in [2.45, 2.75) is 44.2 Å². The third-order valence-corrected chi connectivity index (χ3v) is 4.09. The van der Waals surface area contributed by atoms with Crippen molar-refractivity contribution in [2.75, 3.05) is 18.6 Å². The second-order valence-corrected chi connectivity index (χ2v) is 6.90. The molecule has 0 aliphatic carbocycles. The molecule has 0 aromatic rings. The van der Waals surface area contributed by atoms with Gasteiger partial charge in [0.1, 0.15) is 9.84 Å². The first-order chi connectivity index (χ1) is 6.83. The van der Waals surface area contributed by atoms with Gasteiger partial charge in [-0.05, 0) is 32.6 Å². The first-order valence-electron chi connectivity index (χ1n) is 5.41. The molecule has 2 N–H and O–H groups in total. The molecule has 0 saturated carbocycles. The van der Waals surface area contributed by atoms with Gasteiger partial charge < -0.3 is 10.5 Å². The highest BCUT2D eigenvalue weighted by atomic mass is 32.2. The van der Waals surface area contributed by atoms with E-state index in [1.165, 1.54) is 6.26 Å². The van der Waals surface area contributed by atoms with Crippen LogP contribution >= 0.6 is 0 Å². The minimum atomic E-state index is -2.86. The van der Waals surface area contributed by atoms with Crippen LogP contribution in [0.4, 0.5) is 0 Å². The average molecular weight is 235 g/mol. The van der Waals surface area contributed by atoms with Gasteiger partial charge in [0.2, 0.25) is 0 Å². The van der Waals surface area contributed by atoms with Crippen molar-refractivity contribution < 1.29 is 13.2 Å². The van der Waals surface area contributed by atoms with Gasteiger partial charge in [0.15, 0.2) is 0 Å². The lowest BCUT2D eigenvalue weighted by Crippen LogP contribution is -2.45. The molecule has 1 fully saturated rings. The smallest absolute Gasteiger partial charge is 0.147 e. The van der Waals surface area contributed by atoms with Crippen LogP contribution in [0, 0.1) is 0 Å². The zero-order valence-corrected chi connectivity index (χ0v) is 10.3. The Balaban J connectivity index is 2.32. The molecule has 1 rings (SSSR count). The van der Waals surface area contributed by atoms with Crippen LogP contribution in [0.5, 0.6) is 0 Å². The minimum Gasteiger partial charge on any atom is -0.374 e. The Kier molecular flexibility index (Phi) is 4.14. The summed E-state index contributed by atoms with van der Waals surface area (Å²) in [6.45, 7) is 2.79. The van der Waals surface area contributed by atoms with Gasteiger partial charge in [-0.1, -0.05) is 0 Å². The van der Waals surface area contributed by atoms with Crippen LogP contribution in [-0.2, 0) is 14.6 Å². The fourth-order valence-corrected chi connectivity index (χ4v) is 2.65. The lowest BCUT2D eigenvalue weighted by atomic mass is 9.91. The van der Waals surface area contributed by atoms with Crippen molar-refractivity contribution in [3.05, 3.63) is 0 Å². The Morgan fingerprint density at radius 2 is 2.20 bits per heavy atom. The van der Waals surface area contributed by atoms with E-state index in [2.05, 4.69) is 0 Å². The van der Waals surface area contributed by atoms with Crippen molar-refractivity contribution in [3.63, 3.8) is 0 Å². The zero-order chi connectivity index (χ0) is 11.5. The van der Waals surface area contributed by atoms with Gasteiger partial charge in [0.25, 0.3) is 0 Å². The number of nitrogens with two attached hydrogens (primary N) is 1. The van der Waals surface area contributed by atoms with Crippen LogP contribution in [0.15, 0.2) is 0 Å². The number of ether oxygens (including phenoxy) is 1. The van der Waals surface area contributed by atoms with E-state index in [1.807, 2.05) is 6.92 Å². The maximum absolute atomic E-state index is 10.9. The van der Waals surface area contributed by atoms with Gasteiger partial charge in [-0.15, -0.1) is 0 Å². The third-order valence-electron chi connectivity index (χ3n) is 3.06. The largest absolute Gasteiger partial charge is 0.374 e. The molecule has 15 heavy (non-hydrogen) atoms. The van der Waals surface area contributed by atoms with Gasteiger partial charge in [-0.25, -0.2) is 8.42 Å². The third kappa shape index (κ3) is 4.09. The lowest BCUT2D eigenvalue weighted by Gasteiger charge is -2.30. The highest BCUT2D eigenvalue weighted by molar-refractivity contribution is 7.90. The molecule has 0 aromatic carbocycles. The van der Waals surface area contributed by atoms with Crippen molar-refractivity contribution in [1.29, 1.82) is 0 Å². The van der Waals surface area contributed by atoms with Gasteiger partial charge in [-0.2, -0.15) is 0 Å². The van der Waals surface area contributed by atoms with E-state index in [4.69, 9.17) is 10.5 Å². The van der Waals surface area contributed by atoms with Crippen molar-refractivity contribution >= 4 is 9.84 Å². The molecule has 0 aromatic heterocycles. The molecule has 90 valence electrons. The summed E-state index contributed by atoms with van der Waals surface area (Å²) in [5, 5.41) is 0. The Bertz CT molecular complexity index is 294. The molecule has 5 heteroatoms. The highest BCUT2D eigenvalue weighted by Gasteiger charge is 2.35. The number of rotatable bonds is 5. The maximum atomic E-state index is 10.9. The minimum absolute atomic E-state index is 0.0539. The molecule has 2 atom stereocenters. The number of hydrogen-bond donors (Lipinski definition) is 1. The summed E-state index contributed by atoms with van der Waals surface area (Å²) < 4.78 is 27.5. The van der Waals surface area contributed by atoms with Gasteiger partial charge in [0, 0.05) is 24.7 Å². The quantitative estimate of drug-likeness (QED) is 0.762. The van der Waals surface area contributed by atoms with E-state index in [0.29, 0.717) is 12.8 Å². The summed E-state index contributed by atoms with van der Waals surface area (Å²) in [6, 6.07) is -0.0539. The summed E-state index contributed by atoms with van der Waals surface area (Å²) in [5.74, 6) is 0.219. The fraction of sp³-hybridized carbons (Fsp3) is 1.00. The maximum Gasteiger partial charge on any atom is 0.147 e. The second-order valence-electron chi connectivity index (χ2n) is 4.64. The van der Waals surface area contributed by atoms with Crippen LogP contribution in [0.1, 0.15) is 32.6 Å². The molecule has 0 bridgehead atoms. The molecular weight excluding hydrogens is 214 g/mol. The van der Waals surface area contributed by atoms with Gasteiger partial charge >= 0.3 is 0 Å². The van der Waals surface area contributed by atoms with E-state index in [-0.39, 0.29) is 17.4 Å². The Morgan fingerprint density at radius 1 is 1.53 bits per heavy atom. The van der Waals surface area contributed by atoms with E-state index in [1.54, 1.807) is 0 Å². The van der Waals surface area contributed by atoms with Crippen molar-refractivity contribution in [3.8, 4) is 0 Å². The molecule has 1 aliphatic heterocycles. The average Bonchev–Trinajstić information content (AvgIpc) is 2.51. The van der Waals surface area contributed by atoms with Crippen molar-refractivity contribution in [2.24, 2.45) is 5.73 Å². The predicted molar refractivity (Wildman–Crippen MR) is 60.5 cm³/mol. The van der Waals surface area contributed by atoms with Crippen molar-refractivity contribution in [1.82, 2.24) is 0 Å². The van der Waals surface area contributed by atoms with Crippen LogP contribution in [0.3, 0.4) is 0 Å². The number of sulfone groups is 1. The molecule has 1 heterocycles. The molecule has 1 aliphatic rings. The van der Waals surface area contributed by atoms with E-state index >= 15 is 0 Å². The monoisotopic (exact) mass is 235 g/mol. The molecule has 0 radical (unpaired) electrons. The molecule has 2 unspecified atom stereocenters. The van der Waals surface area contributed by atoms with Gasteiger partial charge in [0.05, 0.1) is 5.60 Å². The van der Waals surface area contributed by atoms with Crippen LogP contribution in [0.25, 0.3) is 0 Å². The second kappa shape index (κ2) is 4.80. The fourth-order valence-electron chi connectivity index (χ4n) is 1.96. The summed E-state index contributed by atoms with van der Waals surface area (Å²) in [6.07, 6.45) is 4.62. The predicted octanol–water partition coefficient (Wildman–Crippen LogP) is 0.708. The van der Waals surface area contributed by atoms with Crippen LogP contribution in [-0.4, -0.2) is 38.7 Å². The SMILES string of the molecule is CC1(C(N)CCCS(C)(=O)=O)CCCO1. The first-order valence-corrected chi connectivity index (χ1v) is 7.47.